The molecule has 1 aliphatic heterocycles. The van der Waals surface area contributed by atoms with Crippen LogP contribution >= 0.6 is 24.0 Å². The molecule has 25 heavy (non-hydrogen) atoms. The van der Waals surface area contributed by atoms with E-state index in [0.717, 1.165) is 21.8 Å². The summed E-state index contributed by atoms with van der Waals surface area (Å²) < 4.78 is 32.0. The van der Waals surface area contributed by atoms with Gasteiger partial charge >= 0.3 is 0 Å². The second-order valence-electron chi connectivity index (χ2n) is 5.40. The molecular weight excluding hydrogens is 376 g/mol. The molecule has 0 saturated heterocycles. The number of rotatable bonds is 3. The standard InChI is InChI=1S/C10H11N2S2.C7H8O3S/c1-7(2)14-10(13)8-3-4-12-9(5-8)6-11;1-6-2-4-7(5-3-6)11(8,9)10/h4-5,7H,3H2,1-2H3;2-5H,1H3,(H,8,9,10)/q+1;/p-1. The summed E-state index contributed by atoms with van der Waals surface area (Å²) in [6.45, 7) is 6.02. The minimum Gasteiger partial charge on any atom is -0.744 e. The number of thiocarbonyl (C=S) groups is 1. The number of hydrogen-bond donors (Lipinski definition) is 0. The Labute approximate surface area is 158 Å². The van der Waals surface area contributed by atoms with E-state index in [1.54, 1.807) is 36.2 Å². The molecule has 0 N–H and O–H groups in total. The van der Waals surface area contributed by atoms with E-state index in [1.165, 1.54) is 12.1 Å². The van der Waals surface area contributed by atoms with E-state index in [2.05, 4.69) is 18.8 Å². The molecular formula is C17H18N2O3S3. The van der Waals surface area contributed by atoms with E-state index >= 15 is 0 Å². The van der Waals surface area contributed by atoms with E-state index < -0.39 is 10.1 Å². The second-order valence-corrected chi connectivity index (χ2v) is 9.04. The quantitative estimate of drug-likeness (QED) is 0.440. The van der Waals surface area contributed by atoms with Crippen LogP contribution in [-0.4, -0.2) is 28.6 Å². The van der Waals surface area contributed by atoms with Gasteiger partial charge in [-0.1, -0.05) is 55.5 Å². The Morgan fingerprint density at radius 1 is 1.40 bits per heavy atom. The highest BCUT2D eigenvalue weighted by Crippen LogP contribution is 2.24. The molecule has 1 aliphatic rings. The molecule has 0 unspecified atom stereocenters. The van der Waals surface area contributed by atoms with Crippen LogP contribution in [0.15, 0.2) is 45.8 Å². The first-order valence-electron chi connectivity index (χ1n) is 7.37. The Balaban J connectivity index is 0.000000257. The molecule has 0 bridgehead atoms. The van der Waals surface area contributed by atoms with Crippen molar-refractivity contribution in [2.24, 2.45) is 4.99 Å². The van der Waals surface area contributed by atoms with Crippen molar-refractivity contribution in [1.82, 2.24) is 0 Å². The minimum absolute atomic E-state index is 0.178. The predicted octanol–water partition coefficient (Wildman–Crippen LogP) is 3.81. The number of aryl methyl sites for hydroxylation is 1. The lowest BCUT2D eigenvalue weighted by molar-refractivity contribution is 0.463. The molecule has 0 amide bonds. The Morgan fingerprint density at radius 2 is 2.00 bits per heavy atom. The van der Waals surface area contributed by atoms with E-state index in [9.17, 15) is 13.0 Å². The van der Waals surface area contributed by atoms with Gasteiger partial charge in [0.25, 0.3) is 0 Å². The van der Waals surface area contributed by atoms with E-state index in [4.69, 9.17) is 17.5 Å². The lowest BCUT2D eigenvalue weighted by Crippen LogP contribution is -2.05. The molecule has 2 rings (SSSR count). The van der Waals surface area contributed by atoms with E-state index in [1.807, 2.05) is 13.0 Å². The highest BCUT2D eigenvalue weighted by atomic mass is 32.2. The third kappa shape index (κ3) is 7.84. The van der Waals surface area contributed by atoms with Gasteiger partial charge in [0.2, 0.25) is 6.04 Å². The summed E-state index contributed by atoms with van der Waals surface area (Å²) in [4.78, 5) is 3.77. The van der Waals surface area contributed by atoms with Crippen molar-refractivity contribution in [3.05, 3.63) is 47.5 Å². The normalized spacial score (nSPS) is 13.6. The zero-order chi connectivity index (χ0) is 19.0. The lowest BCUT2D eigenvalue weighted by atomic mass is 10.1. The Morgan fingerprint density at radius 3 is 2.48 bits per heavy atom. The van der Waals surface area contributed by atoms with Crippen molar-refractivity contribution in [1.29, 1.82) is 5.26 Å². The third-order valence-electron chi connectivity index (χ3n) is 2.88. The van der Waals surface area contributed by atoms with Crippen LogP contribution in [0.4, 0.5) is 0 Å². The first kappa shape index (κ1) is 21.4. The zero-order valence-electron chi connectivity index (χ0n) is 14.1. The fourth-order valence-corrected chi connectivity index (χ4v) is 3.61. The number of nitriles is 1. The van der Waals surface area contributed by atoms with Gasteiger partial charge in [0.15, 0.2) is 6.07 Å². The molecule has 0 atom stereocenters. The molecule has 0 saturated carbocycles. The van der Waals surface area contributed by atoms with Crippen molar-refractivity contribution in [2.45, 2.75) is 37.3 Å². The maximum Gasteiger partial charge on any atom is 0.248 e. The number of aliphatic imine (C=N–C) groups is 1. The molecule has 0 fully saturated rings. The summed E-state index contributed by atoms with van der Waals surface area (Å²) in [5.74, 6) is 0. The smallest absolute Gasteiger partial charge is 0.248 e. The van der Waals surface area contributed by atoms with Crippen LogP contribution in [0.5, 0.6) is 0 Å². The van der Waals surface area contributed by atoms with Crippen LogP contribution in [0.2, 0.25) is 0 Å². The monoisotopic (exact) mass is 394 g/mol. The number of benzene rings is 1. The van der Waals surface area contributed by atoms with Crippen molar-refractivity contribution >= 4 is 44.5 Å². The van der Waals surface area contributed by atoms with Gasteiger partial charge < -0.3 is 4.55 Å². The summed E-state index contributed by atoms with van der Waals surface area (Å²) >= 11 is 6.91. The van der Waals surface area contributed by atoms with Gasteiger partial charge in [-0.25, -0.2) is 8.42 Å². The highest BCUT2D eigenvalue weighted by molar-refractivity contribution is 8.24. The van der Waals surface area contributed by atoms with Gasteiger partial charge in [0.1, 0.15) is 20.5 Å². The van der Waals surface area contributed by atoms with Gasteiger partial charge in [0.05, 0.1) is 23.0 Å². The van der Waals surface area contributed by atoms with Crippen LogP contribution < -0.4 is 0 Å². The Bertz CT molecular complexity index is 805. The number of dihydropyridines is 1. The molecule has 0 spiro atoms. The maximum atomic E-state index is 10.4. The molecule has 1 aromatic rings. The van der Waals surface area contributed by atoms with Crippen molar-refractivity contribution in [3.8, 4) is 6.07 Å². The van der Waals surface area contributed by atoms with Crippen LogP contribution in [-0.2, 0) is 10.1 Å². The Hall–Kier alpha value is -1.66. The molecule has 0 aromatic heterocycles. The van der Waals surface area contributed by atoms with Gasteiger partial charge in [-0.3, -0.25) is 0 Å². The number of hydrogen-bond acceptors (Lipinski definition) is 7. The fourth-order valence-electron chi connectivity index (χ4n) is 1.70. The summed E-state index contributed by atoms with van der Waals surface area (Å²) in [7, 11) is -4.27. The molecule has 132 valence electrons. The minimum atomic E-state index is -4.27. The second kappa shape index (κ2) is 9.73. The van der Waals surface area contributed by atoms with Crippen LogP contribution in [0, 0.1) is 24.3 Å². The first-order valence-corrected chi connectivity index (χ1v) is 10.1. The van der Waals surface area contributed by atoms with Crippen LogP contribution in [0.3, 0.4) is 0 Å². The van der Waals surface area contributed by atoms with Gasteiger partial charge in [-0.2, -0.15) is 5.26 Å². The average Bonchev–Trinajstić information content (AvgIpc) is 2.54. The Kier molecular flexibility index (Phi) is 8.32. The molecule has 0 radical (unpaired) electrons. The van der Waals surface area contributed by atoms with E-state index in [0.29, 0.717) is 11.3 Å². The summed E-state index contributed by atoms with van der Waals surface area (Å²) in [5, 5.41) is 9.16. The molecule has 1 heterocycles. The van der Waals surface area contributed by atoms with Crippen molar-refractivity contribution < 1.29 is 13.0 Å². The van der Waals surface area contributed by atoms with Crippen molar-refractivity contribution in [2.75, 3.05) is 0 Å². The van der Waals surface area contributed by atoms with Crippen LogP contribution in [0.25, 0.3) is 0 Å². The summed E-state index contributed by atoms with van der Waals surface area (Å²) in [5.41, 5.74) is 1.96. The summed E-state index contributed by atoms with van der Waals surface area (Å²) in [6, 6.07) is 8.24. The topological polar surface area (TPSA) is 93.3 Å². The van der Waals surface area contributed by atoms with Crippen LogP contribution in [0.1, 0.15) is 25.8 Å². The third-order valence-corrected chi connectivity index (χ3v) is 5.23. The largest absolute Gasteiger partial charge is 0.744 e. The highest BCUT2D eigenvalue weighted by Gasteiger charge is 2.21. The van der Waals surface area contributed by atoms with Gasteiger partial charge in [-0.15, -0.1) is 4.99 Å². The average molecular weight is 395 g/mol. The first-order chi connectivity index (χ1) is 11.6. The number of nitrogens with zero attached hydrogens (tertiary/aromatic N) is 2. The SMILES string of the molecule is CC(C)SC(=S)C1=C[C+](C#N)N=CC1.Cc1ccc(S(=O)(=O)[O-])cc1. The van der Waals surface area contributed by atoms with Gasteiger partial charge in [-0.05, 0) is 19.1 Å². The summed E-state index contributed by atoms with van der Waals surface area (Å²) in [6.07, 6.45) is 4.25. The lowest BCUT2D eigenvalue weighted by Gasteiger charge is -2.06. The molecule has 0 aliphatic carbocycles. The maximum absolute atomic E-state index is 10.4. The zero-order valence-corrected chi connectivity index (χ0v) is 16.5. The van der Waals surface area contributed by atoms with Gasteiger partial charge in [0, 0.05) is 5.25 Å². The molecule has 1 aromatic carbocycles. The molecule has 8 heteroatoms. The van der Waals surface area contributed by atoms with Crippen molar-refractivity contribution in [3.63, 3.8) is 0 Å². The fraction of sp³-hybridized carbons (Fsp3) is 0.294. The predicted molar refractivity (Wildman–Crippen MR) is 105 cm³/mol. The molecule has 5 nitrogen and oxygen atoms in total. The number of thioether (sulfide) groups is 1. The van der Waals surface area contributed by atoms with E-state index in [-0.39, 0.29) is 4.90 Å².